The Morgan fingerprint density at radius 1 is 1.15 bits per heavy atom. The molecule has 2 aliphatic rings. The molecule has 1 atom stereocenters. The molecule has 1 amide bonds. The number of carbonyl (C=O) groups excluding carboxylic acids is 1. The average molecular weight is 272 g/mol. The summed E-state index contributed by atoms with van der Waals surface area (Å²) in [6, 6.07) is 8.84. The minimum atomic E-state index is -0.0446. The lowest BCUT2D eigenvalue weighted by Gasteiger charge is -2.35. The molecule has 0 spiro atoms. The van der Waals surface area contributed by atoms with Crippen LogP contribution in [0.25, 0.3) is 0 Å². The van der Waals surface area contributed by atoms with Crippen molar-refractivity contribution < 1.29 is 4.79 Å². The van der Waals surface area contributed by atoms with Gasteiger partial charge in [0.25, 0.3) is 0 Å². The largest absolute Gasteiger partial charge is 0.341 e. The summed E-state index contributed by atoms with van der Waals surface area (Å²) in [6.45, 7) is 0.811. The number of nitrogens with zero attached hydrogens (tertiary/aromatic N) is 1. The van der Waals surface area contributed by atoms with Crippen LogP contribution in [0.3, 0.4) is 0 Å². The van der Waals surface area contributed by atoms with Gasteiger partial charge in [-0.3, -0.25) is 4.79 Å². The quantitative estimate of drug-likeness (QED) is 0.897. The molecule has 0 aromatic heterocycles. The highest BCUT2D eigenvalue weighted by Gasteiger charge is 2.30. The van der Waals surface area contributed by atoms with Gasteiger partial charge in [-0.2, -0.15) is 0 Å². The Balaban J connectivity index is 1.66. The standard InChI is InChI=1S/C17H24N2O/c1-19(15-9-3-2-4-10-15)17(20)16-11-13-7-5-6-8-14(13)12-18-16/h5-8,15-16,18H,2-4,9-12H2,1H3/t16-/m1/s1. The average Bonchev–Trinajstić information content (AvgIpc) is 2.54. The number of benzene rings is 1. The zero-order valence-electron chi connectivity index (χ0n) is 12.3. The van der Waals surface area contributed by atoms with Crippen LogP contribution in [-0.4, -0.2) is 29.9 Å². The first-order valence-electron chi connectivity index (χ1n) is 7.82. The first-order valence-corrected chi connectivity index (χ1v) is 7.82. The molecule has 1 aromatic rings. The van der Waals surface area contributed by atoms with Crippen LogP contribution >= 0.6 is 0 Å². The van der Waals surface area contributed by atoms with Gasteiger partial charge in [-0.05, 0) is 30.4 Å². The predicted molar refractivity (Wildman–Crippen MR) is 80.4 cm³/mol. The number of rotatable bonds is 2. The van der Waals surface area contributed by atoms with Gasteiger partial charge >= 0.3 is 0 Å². The molecule has 1 aromatic carbocycles. The van der Waals surface area contributed by atoms with E-state index >= 15 is 0 Å². The van der Waals surface area contributed by atoms with Gasteiger partial charge in [0.15, 0.2) is 0 Å². The van der Waals surface area contributed by atoms with Crippen LogP contribution in [0.5, 0.6) is 0 Å². The maximum Gasteiger partial charge on any atom is 0.240 e. The number of fused-ring (bicyclic) bond motifs is 1. The zero-order valence-corrected chi connectivity index (χ0v) is 12.3. The Labute approximate surface area is 121 Å². The fraction of sp³-hybridized carbons (Fsp3) is 0.588. The predicted octanol–water partition coefficient (Wildman–Crippen LogP) is 2.49. The number of amides is 1. The molecule has 108 valence electrons. The summed E-state index contributed by atoms with van der Waals surface area (Å²) in [6.07, 6.45) is 7.03. The molecule has 1 N–H and O–H groups in total. The van der Waals surface area contributed by atoms with Gasteiger partial charge < -0.3 is 10.2 Å². The molecule has 3 heteroatoms. The number of hydrogen-bond donors (Lipinski definition) is 1. The van der Waals surface area contributed by atoms with E-state index in [1.807, 2.05) is 11.9 Å². The Hall–Kier alpha value is -1.35. The number of hydrogen-bond acceptors (Lipinski definition) is 2. The third kappa shape index (κ3) is 2.73. The van der Waals surface area contributed by atoms with E-state index in [1.54, 1.807) is 0 Å². The van der Waals surface area contributed by atoms with Crippen molar-refractivity contribution >= 4 is 5.91 Å². The monoisotopic (exact) mass is 272 g/mol. The number of likely N-dealkylation sites (N-methyl/N-ethyl adjacent to an activating group) is 1. The van der Waals surface area contributed by atoms with Crippen molar-refractivity contribution in [2.45, 2.75) is 57.2 Å². The summed E-state index contributed by atoms with van der Waals surface area (Å²) >= 11 is 0. The smallest absolute Gasteiger partial charge is 0.240 e. The molecule has 1 aliphatic carbocycles. The first kappa shape index (κ1) is 13.6. The first-order chi connectivity index (χ1) is 9.75. The van der Waals surface area contributed by atoms with E-state index in [-0.39, 0.29) is 11.9 Å². The van der Waals surface area contributed by atoms with Gasteiger partial charge in [0.1, 0.15) is 0 Å². The SMILES string of the molecule is CN(C(=O)[C@H]1Cc2ccccc2CN1)C1CCCCC1. The lowest BCUT2D eigenvalue weighted by molar-refractivity contribution is -0.135. The molecule has 1 saturated carbocycles. The zero-order chi connectivity index (χ0) is 13.9. The van der Waals surface area contributed by atoms with Gasteiger partial charge in [-0.1, -0.05) is 43.5 Å². The summed E-state index contributed by atoms with van der Waals surface area (Å²) in [5.41, 5.74) is 2.65. The molecule has 20 heavy (non-hydrogen) atoms. The molecule has 0 saturated heterocycles. The van der Waals surface area contributed by atoms with Gasteiger partial charge in [-0.25, -0.2) is 0 Å². The Bertz CT molecular complexity index is 480. The van der Waals surface area contributed by atoms with Gasteiger partial charge in [0.05, 0.1) is 6.04 Å². The fourth-order valence-electron chi connectivity index (χ4n) is 3.52. The highest BCUT2D eigenvalue weighted by Crippen LogP contribution is 2.23. The normalized spacial score (nSPS) is 23.1. The van der Waals surface area contributed by atoms with Gasteiger partial charge in [0.2, 0.25) is 5.91 Å². The lowest BCUT2D eigenvalue weighted by Crippen LogP contribution is -2.51. The van der Waals surface area contributed by atoms with E-state index in [0.717, 1.165) is 13.0 Å². The second kappa shape index (κ2) is 5.96. The highest BCUT2D eigenvalue weighted by molar-refractivity contribution is 5.82. The second-order valence-corrected chi connectivity index (χ2v) is 6.15. The van der Waals surface area contributed by atoms with Crippen molar-refractivity contribution in [3.05, 3.63) is 35.4 Å². The van der Waals surface area contributed by atoms with Crippen molar-refractivity contribution in [2.75, 3.05) is 7.05 Å². The van der Waals surface area contributed by atoms with Crippen molar-refractivity contribution in [3.63, 3.8) is 0 Å². The van der Waals surface area contributed by atoms with Crippen LogP contribution in [0.1, 0.15) is 43.2 Å². The molecule has 3 rings (SSSR count). The third-order valence-corrected chi connectivity index (χ3v) is 4.85. The van der Waals surface area contributed by atoms with Gasteiger partial charge in [0, 0.05) is 19.6 Å². The fourth-order valence-corrected chi connectivity index (χ4v) is 3.52. The van der Waals surface area contributed by atoms with E-state index in [1.165, 1.54) is 43.2 Å². The summed E-state index contributed by atoms with van der Waals surface area (Å²) in [5.74, 6) is 0.270. The number of carbonyl (C=O) groups is 1. The Morgan fingerprint density at radius 2 is 1.85 bits per heavy atom. The van der Waals surface area contributed by atoms with Crippen LogP contribution in [0, 0.1) is 0 Å². The van der Waals surface area contributed by atoms with Crippen molar-refractivity contribution in [3.8, 4) is 0 Å². The Kier molecular flexibility index (Phi) is 4.06. The summed E-state index contributed by atoms with van der Waals surface area (Å²) < 4.78 is 0. The second-order valence-electron chi connectivity index (χ2n) is 6.15. The molecule has 1 fully saturated rings. The molecule has 1 aliphatic heterocycles. The minimum Gasteiger partial charge on any atom is -0.341 e. The molecular weight excluding hydrogens is 248 g/mol. The van der Waals surface area contributed by atoms with Crippen molar-refractivity contribution in [1.82, 2.24) is 10.2 Å². The van der Waals surface area contributed by atoms with E-state index < -0.39 is 0 Å². The maximum atomic E-state index is 12.7. The third-order valence-electron chi connectivity index (χ3n) is 4.85. The summed E-state index contributed by atoms with van der Waals surface area (Å²) in [7, 11) is 1.99. The molecule has 0 bridgehead atoms. The van der Waals surface area contributed by atoms with Gasteiger partial charge in [-0.15, -0.1) is 0 Å². The van der Waals surface area contributed by atoms with Crippen LogP contribution in [-0.2, 0) is 17.8 Å². The summed E-state index contributed by atoms with van der Waals surface area (Å²) in [5, 5.41) is 3.40. The highest BCUT2D eigenvalue weighted by atomic mass is 16.2. The lowest BCUT2D eigenvalue weighted by atomic mass is 9.92. The Morgan fingerprint density at radius 3 is 2.60 bits per heavy atom. The van der Waals surface area contributed by atoms with Crippen LogP contribution in [0.2, 0.25) is 0 Å². The van der Waals surface area contributed by atoms with Crippen LogP contribution in [0.4, 0.5) is 0 Å². The molecule has 3 nitrogen and oxygen atoms in total. The maximum absolute atomic E-state index is 12.7. The van der Waals surface area contributed by atoms with Crippen LogP contribution < -0.4 is 5.32 Å². The number of nitrogens with one attached hydrogen (secondary N) is 1. The van der Waals surface area contributed by atoms with E-state index in [0.29, 0.717) is 6.04 Å². The van der Waals surface area contributed by atoms with Crippen molar-refractivity contribution in [1.29, 1.82) is 0 Å². The molecule has 0 unspecified atom stereocenters. The van der Waals surface area contributed by atoms with E-state index in [9.17, 15) is 4.79 Å². The van der Waals surface area contributed by atoms with Crippen molar-refractivity contribution in [2.24, 2.45) is 0 Å². The summed E-state index contributed by atoms with van der Waals surface area (Å²) in [4.78, 5) is 14.7. The van der Waals surface area contributed by atoms with E-state index in [2.05, 4.69) is 29.6 Å². The van der Waals surface area contributed by atoms with E-state index in [4.69, 9.17) is 0 Å². The minimum absolute atomic E-state index is 0.0446. The molecule has 1 heterocycles. The topological polar surface area (TPSA) is 32.3 Å². The molecule has 0 radical (unpaired) electrons. The molecular formula is C17H24N2O. The van der Waals surface area contributed by atoms with Crippen LogP contribution in [0.15, 0.2) is 24.3 Å².